The molecule has 5 N–H and O–H groups in total. The summed E-state index contributed by atoms with van der Waals surface area (Å²) in [7, 11) is 0. The molecule has 1 aromatic carbocycles. The van der Waals surface area contributed by atoms with Crippen molar-refractivity contribution in [1.82, 2.24) is 20.8 Å². The first kappa shape index (κ1) is 16.4. The molecule has 2 amide bonds. The van der Waals surface area contributed by atoms with Gasteiger partial charge in [-0.05, 0) is 25.3 Å². The minimum Gasteiger partial charge on any atom is -0.381 e. The highest BCUT2D eigenvalue weighted by Crippen LogP contribution is 2.13. The van der Waals surface area contributed by atoms with Crippen molar-refractivity contribution < 1.29 is 4.79 Å². The predicted octanol–water partition coefficient (Wildman–Crippen LogP) is 1.86. The number of carbonyl (C=O) groups is 1. The normalized spacial score (nSPS) is 11.5. The molecule has 0 saturated carbocycles. The third-order valence-electron chi connectivity index (χ3n) is 3.52. The van der Waals surface area contributed by atoms with Gasteiger partial charge in [-0.3, -0.25) is 5.10 Å². The molecular weight excluding hydrogens is 292 g/mol. The molecule has 0 spiro atoms. The van der Waals surface area contributed by atoms with Crippen LogP contribution in [-0.4, -0.2) is 22.8 Å². The summed E-state index contributed by atoms with van der Waals surface area (Å²) < 4.78 is 0. The van der Waals surface area contributed by atoms with Crippen LogP contribution in [0.2, 0.25) is 0 Å². The molecule has 7 nitrogen and oxygen atoms in total. The second-order valence-electron chi connectivity index (χ2n) is 5.21. The van der Waals surface area contributed by atoms with Crippen molar-refractivity contribution >= 4 is 11.8 Å². The Labute approximate surface area is 134 Å². The lowest BCUT2D eigenvalue weighted by atomic mass is 10.1. The maximum Gasteiger partial charge on any atom is 0.315 e. The van der Waals surface area contributed by atoms with E-state index in [1.165, 1.54) is 0 Å². The van der Waals surface area contributed by atoms with E-state index in [4.69, 9.17) is 11.0 Å². The van der Waals surface area contributed by atoms with Crippen LogP contribution in [-0.2, 0) is 6.42 Å². The molecule has 1 heterocycles. The van der Waals surface area contributed by atoms with E-state index in [0.717, 1.165) is 5.56 Å². The number of aromatic amines is 1. The number of nitriles is 1. The van der Waals surface area contributed by atoms with Gasteiger partial charge < -0.3 is 16.4 Å². The van der Waals surface area contributed by atoms with Gasteiger partial charge in [-0.1, -0.05) is 30.3 Å². The van der Waals surface area contributed by atoms with Gasteiger partial charge in [0.2, 0.25) is 0 Å². The minimum absolute atomic E-state index is 0.0613. The number of nitrogen functional groups attached to an aromatic ring is 1. The third kappa shape index (κ3) is 4.48. The molecule has 0 aliphatic heterocycles. The lowest BCUT2D eigenvalue weighted by molar-refractivity contribution is 0.238. The van der Waals surface area contributed by atoms with Crippen LogP contribution in [0.15, 0.2) is 30.3 Å². The number of urea groups is 1. The molecule has 0 fully saturated rings. The van der Waals surface area contributed by atoms with Crippen LogP contribution >= 0.6 is 0 Å². The number of benzene rings is 1. The summed E-state index contributed by atoms with van der Waals surface area (Å²) in [6, 6.07) is 11.5. The van der Waals surface area contributed by atoms with Crippen LogP contribution in [0.3, 0.4) is 0 Å². The lowest BCUT2D eigenvalue weighted by Crippen LogP contribution is -2.37. The molecule has 0 unspecified atom stereocenters. The number of aromatic nitrogens is 2. The van der Waals surface area contributed by atoms with E-state index in [2.05, 4.69) is 20.8 Å². The Bertz CT molecular complexity index is 688. The molecule has 1 atom stereocenters. The first-order valence-corrected chi connectivity index (χ1v) is 7.44. The van der Waals surface area contributed by atoms with Crippen molar-refractivity contribution in [2.75, 3.05) is 12.3 Å². The van der Waals surface area contributed by atoms with E-state index in [0.29, 0.717) is 30.6 Å². The summed E-state index contributed by atoms with van der Waals surface area (Å²) in [4.78, 5) is 11.9. The molecule has 0 aliphatic carbocycles. The first-order chi connectivity index (χ1) is 11.1. The van der Waals surface area contributed by atoms with E-state index in [-0.39, 0.29) is 17.9 Å². The number of nitrogens with one attached hydrogen (secondary N) is 3. The van der Waals surface area contributed by atoms with Crippen LogP contribution < -0.4 is 16.4 Å². The number of aryl methyl sites for hydroxylation is 1. The molecular formula is C16H20N6O. The van der Waals surface area contributed by atoms with Gasteiger partial charge in [-0.2, -0.15) is 10.4 Å². The number of amides is 2. The van der Waals surface area contributed by atoms with E-state index in [1.807, 2.05) is 43.3 Å². The topological polar surface area (TPSA) is 120 Å². The number of anilines is 1. The minimum atomic E-state index is -0.217. The maximum atomic E-state index is 11.9. The Balaban J connectivity index is 1.72. The van der Waals surface area contributed by atoms with Crippen LogP contribution in [0.25, 0.3) is 0 Å². The van der Waals surface area contributed by atoms with Crippen molar-refractivity contribution in [1.29, 1.82) is 5.26 Å². The molecule has 120 valence electrons. The standard InChI is InChI=1S/C16H20N6O/c1-11(12-6-3-2-4-7-12)20-16(23)19-9-5-8-14-13(10-17)15(18)22-21-14/h2-4,6-7,11H,5,8-9H2,1H3,(H3,18,21,22)(H2,19,20,23)/t11-/m1/s1. The predicted molar refractivity (Wildman–Crippen MR) is 87.4 cm³/mol. The quantitative estimate of drug-likeness (QED) is 0.608. The van der Waals surface area contributed by atoms with Crippen molar-refractivity contribution in [2.45, 2.75) is 25.8 Å². The zero-order valence-electron chi connectivity index (χ0n) is 13.0. The fourth-order valence-electron chi connectivity index (χ4n) is 2.24. The van der Waals surface area contributed by atoms with Gasteiger partial charge in [0.25, 0.3) is 0 Å². The third-order valence-corrected chi connectivity index (χ3v) is 3.52. The van der Waals surface area contributed by atoms with E-state index < -0.39 is 0 Å². The van der Waals surface area contributed by atoms with Crippen LogP contribution in [0.5, 0.6) is 0 Å². The van der Waals surface area contributed by atoms with Crippen LogP contribution in [0.1, 0.15) is 36.2 Å². The van der Waals surface area contributed by atoms with Gasteiger partial charge in [0.05, 0.1) is 11.7 Å². The molecule has 0 aliphatic rings. The van der Waals surface area contributed by atoms with Gasteiger partial charge in [-0.25, -0.2) is 4.79 Å². The number of hydrogen-bond donors (Lipinski definition) is 4. The van der Waals surface area contributed by atoms with E-state index in [9.17, 15) is 4.79 Å². The van der Waals surface area contributed by atoms with Crippen molar-refractivity contribution in [3.05, 3.63) is 47.2 Å². The number of hydrogen-bond acceptors (Lipinski definition) is 4. The highest BCUT2D eigenvalue weighted by Gasteiger charge is 2.11. The molecule has 7 heteroatoms. The fraction of sp³-hybridized carbons (Fsp3) is 0.312. The number of H-pyrrole nitrogens is 1. The monoisotopic (exact) mass is 312 g/mol. The summed E-state index contributed by atoms with van der Waals surface area (Å²) >= 11 is 0. The van der Waals surface area contributed by atoms with Crippen molar-refractivity contribution in [3.63, 3.8) is 0 Å². The van der Waals surface area contributed by atoms with Crippen LogP contribution in [0, 0.1) is 11.3 Å². The number of carbonyl (C=O) groups excluding carboxylic acids is 1. The van der Waals surface area contributed by atoms with E-state index in [1.54, 1.807) is 0 Å². The molecule has 2 aromatic rings. The second-order valence-corrected chi connectivity index (χ2v) is 5.21. The summed E-state index contributed by atoms with van der Waals surface area (Å²) in [5.41, 5.74) is 7.70. The molecule has 0 saturated heterocycles. The maximum absolute atomic E-state index is 11.9. The zero-order chi connectivity index (χ0) is 16.7. The van der Waals surface area contributed by atoms with Gasteiger partial charge in [0, 0.05) is 6.54 Å². The van der Waals surface area contributed by atoms with Gasteiger partial charge in [-0.15, -0.1) is 0 Å². The second kappa shape index (κ2) is 7.84. The molecule has 1 aromatic heterocycles. The zero-order valence-corrected chi connectivity index (χ0v) is 13.0. The Hall–Kier alpha value is -3.01. The first-order valence-electron chi connectivity index (χ1n) is 7.44. The number of nitrogens with zero attached hydrogens (tertiary/aromatic N) is 2. The smallest absolute Gasteiger partial charge is 0.315 e. The van der Waals surface area contributed by atoms with Gasteiger partial charge in [0.1, 0.15) is 11.6 Å². The van der Waals surface area contributed by atoms with E-state index >= 15 is 0 Å². The Morgan fingerprint density at radius 2 is 2.17 bits per heavy atom. The Kier molecular flexibility index (Phi) is 5.58. The summed E-state index contributed by atoms with van der Waals surface area (Å²) in [6.45, 7) is 2.43. The average molecular weight is 312 g/mol. The summed E-state index contributed by atoms with van der Waals surface area (Å²) in [6.07, 6.45) is 1.28. The Morgan fingerprint density at radius 3 is 2.87 bits per heavy atom. The largest absolute Gasteiger partial charge is 0.381 e. The average Bonchev–Trinajstić information content (AvgIpc) is 2.92. The highest BCUT2D eigenvalue weighted by molar-refractivity contribution is 5.74. The molecule has 23 heavy (non-hydrogen) atoms. The highest BCUT2D eigenvalue weighted by atomic mass is 16.2. The Morgan fingerprint density at radius 1 is 1.43 bits per heavy atom. The molecule has 0 radical (unpaired) electrons. The fourth-order valence-corrected chi connectivity index (χ4v) is 2.24. The lowest BCUT2D eigenvalue weighted by Gasteiger charge is -2.14. The number of rotatable bonds is 6. The number of nitrogens with two attached hydrogens (primary N) is 1. The van der Waals surface area contributed by atoms with Crippen LogP contribution in [0.4, 0.5) is 10.6 Å². The van der Waals surface area contributed by atoms with Gasteiger partial charge >= 0.3 is 6.03 Å². The summed E-state index contributed by atoms with van der Waals surface area (Å²) in [5, 5.41) is 21.2. The summed E-state index contributed by atoms with van der Waals surface area (Å²) in [5.74, 6) is 0.213. The molecule has 0 bridgehead atoms. The van der Waals surface area contributed by atoms with Crippen molar-refractivity contribution in [3.8, 4) is 6.07 Å². The SMILES string of the molecule is C[C@@H](NC(=O)NCCCc1[nH]nc(N)c1C#N)c1ccccc1. The molecule has 2 rings (SSSR count). The van der Waals surface area contributed by atoms with Gasteiger partial charge in [0.15, 0.2) is 5.82 Å². The van der Waals surface area contributed by atoms with Crippen molar-refractivity contribution in [2.24, 2.45) is 0 Å².